The fourth-order valence-electron chi connectivity index (χ4n) is 4.95. The second-order valence-corrected chi connectivity index (χ2v) is 10.5. The van der Waals surface area contributed by atoms with Crippen molar-refractivity contribution in [2.24, 2.45) is 22.0 Å². The van der Waals surface area contributed by atoms with E-state index in [1.165, 1.54) is 23.5 Å². The molecule has 0 amide bonds. The van der Waals surface area contributed by atoms with Crippen molar-refractivity contribution in [1.82, 2.24) is 4.98 Å². The Morgan fingerprint density at radius 1 is 1.22 bits per heavy atom. The lowest BCUT2D eigenvalue weighted by Crippen LogP contribution is -2.23. The van der Waals surface area contributed by atoms with Crippen molar-refractivity contribution in [2.45, 2.75) is 12.6 Å². The van der Waals surface area contributed by atoms with Crippen LogP contribution >= 0.6 is 22.9 Å². The maximum atomic E-state index is 13.9. The zero-order valence-corrected chi connectivity index (χ0v) is 20.6. The van der Waals surface area contributed by atoms with Gasteiger partial charge in [-0.2, -0.15) is 28.4 Å². The van der Waals surface area contributed by atoms with Crippen molar-refractivity contribution in [3.63, 3.8) is 0 Å². The molecule has 2 atom stereocenters. The molecule has 6 rings (SSSR count). The third-order valence-electron chi connectivity index (χ3n) is 6.81. The summed E-state index contributed by atoms with van der Waals surface area (Å²) in [4.78, 5) is 18.6. The molecule has 0 spiro atoms. The van der Waals surface area contributed by atoms with E-state index in [4.69, 9.17) is 16.3 Å². The molecule has 2 fully saturated rings. The number of aromatic hydroxyl groups is 1. The second-order valence-electron chi connectivity index (χ2n) is 9.12. The number of anilines is 1. The topological polar surface area (TPSA) is 87.4 Å². The molecule has 1 aromatic heterocycles. The van der Waals surface area contributed by atoms with E-state index in [1.807, 2.05) is 4.90 Å². The Labute approximate surface area is 217 Å². The molecule has 2 saturated heterocycles. The standard InChI is InChI=1S/C25H18ClF3N4O3S/c26-16-3-1-13(19(7-16)25(27,28)29)6-17(12-2-4-20-14(5-12)8-30-32-20)21-22(34)31-24(37-21)33-9-15-11-36-23(35)18(15)10-33/h1-5,7-8,15,18,34H,6,9-11H2. The van der Waals surface area contributed by atoms with Crippen LogP contribution in [-0.4, -0.2) is 42.0 Å². The third-order valence-corrected chi connectivity index (χ3v) is 8.21. The quantitative estimate of drug-likeness (QED) is 0.506. The van der Waals surface area contributed by atoms with Gasteiger partial charge in [-0.05, 0) is 40.6 Å². The maximum Gasteiger partial charge on any atom is 0.416 e. The molecule has 3 aliphatic rings. The number of carbonyl (C=O) groups excluding carboxylic acids is 1. The highest BCUT2D eigenvalue weighted by molar-refractivity contribution is 7.17. The number of carbonyl (C=O) groups is 1. The van der Waals surface area contributed by atoms with Crippen LogP contribution in [-0.2, 0) is 22.1 Å². The first kappa shape index (κ1) is 23.9. The van der Waals surface area contributed by atoms with Gasteiger partial charge in [0.25, 0.3) is 0 Å². The number of nitrogens with zero attached hydrogens (tertiary/aromatic N) is 4. The molecule has 0 saturated carbocycles. The maximum absolute atomic E-state index is 13.9. The predicted octanol–water partition coefficient (Wildman–Crippen LogP) is 3.54. The van der Waals surface area contributed by atoms with Crippen molar-refractivity contribution >= 4 is 45.8 Å². The fraction of sp³-hybridized carbons (Fsp3) is 0.280. The van der Waals surface area contributed by atoms with Gasteiger partial charge in [0.05, 0.1) is 34.5 Å². The van der Waals surface area contributed by atoms with Gasteiger partial charge in [0.1, 0.15) is 0 Å². The molecule has 0 bridgehead atoms. The smallest absolute Gasteiger partial charge is 0.416 e. The summed E-state index contributed by atoms with van der Waals surface area (Å²) in [6.45, 7) is 1.31. The number of cyclic esters (lactones) is 1. The average molecular weight is 547 g/mol. The van der Waals surface area contributed by atoms with E-state index in [2.05, 4.69) is 15.2 Å². The number of halogens is 4. The van der Waals surface area contributed by atoms with Gasteiger partial charge in [-0.1, -0.05) is 35.1 Å². The first-order chi connectivity index (χ1) is 17.7. The van der Waals surface area contributed by atoms with Gasteiger partial charge in [-0.15, -0.1) is 0 Å². The third kappa shape index (κ3) is 4.36. The SMILES string of the molecule is O=C1OCC2CN(c3nc(O)c(C(Cc4ccc(Cl)cc4C(F)(F)F)=c4ccc5c(c4)C=NN=5)s3)CC12. The van der Waals surface area contributed by atoms with E-state index in [0.29, 0.717) is 45.9 Å². The van der Waals surface area contributed by atoms with Crippen LogP contribution in [0.15, 0.2) is 46.6 Å². The Bertz CT molecular complexity index is 1590. The Hall–Kier alpha value is -3.44. The molecule has 4 heterocycles. The zero-order valence-electron chi connectivity index (χ0n) is 19.0. The van der Waals surface area contributed by atoms with Gasteiger partial charge in [-0.3, -0.25) is 4.79 Å². The molecule has 2 aromatic carbocycles. The summed E-state index contributed by atoms with van der Waals surface area (Å²) < 4.78 is 46.8. The Balaban J connectivity index is 1.46. The number of fused-ring (bicyclic) bond motifs is 2. The summed E-state index contributed by atoms with van der Waals surface area (Å²) in [5.74, 6) is -0.723. The first-order valence-electron chi connectivity index (χ1n) is 11.4. The van der Waals surface area contributed by atoms with E-state index in [-0.39, 0.29) is 40.7 Å². The molecule has 0 radical (unpaired) electrons. The van der Waals surface area contributed by atoms with Crippen LogP contribution in [0.4, 0.5) is 18.3 Å². The number of benzene rings is 2. The van der Waals surface area contributed by atoms with Gasteiger partial charge >= 0.3 is 12.1 Å². The summed E-state index contributed by atoms with van der Waals surface area (Å²) in [5.41, 5.74) is 0.358. The van der Waals surface area contributed by atoms with Gasteiger partial charge in [0, 0.05) is 36.0 Å². The first-order valence-corrected chi connectivity index (χ1v) is 12.6. The van der Waals surface area contributed by atoms with Gasteiger partial charge in [0.15, 0.2) is 5.13 Å². The number of hydrogen-bond donors (Lipinski definition) is 1. The van der Waals surface area contributed by atoms with E-state index in [1.54, 1.807) is 24.4 Å². The number of alkyl halides is 3. The highest BCUT2D eigenvalue weighted by atomic mass is 35.5. The van der Waals surface area contributed by atoms with Crippen LogP contribution in [0.5, 0.6) is 5.88 Å². The van der Waals surface area contributed by atoms with Crippen LogP contribution in [0.1, 0.15) is 21.6 Å². The number of esters is 1. The highest BCUT2D eigenvalue weighted by Crippen LogP contribution is 2.42. The number of rotatable bonds is 4. The van der Waals surface area contributed by atoms with Crippen molar-refractivity contribution < 1.29 is 27.8 Å². The van der Waals surface area contributed by atoms with Crippen LogP contribution in [0.3, 0.4) is 0 Å². The molecule has 1 N–H and O–H groups in total. The lowest BCUT2D eigenvalue weighted by atomic mass is 9.96. The monoisotopic (exact) mass is 546 g/mol. The van der Waals surface area contributed by atoms with Crippen LogP contribution < -0.4 is 15.5 Å². The van der Waals surface area contributed by atoms with Crippen molar-refractivity contribution in [3.8, 4) is 5.88 Å². The van der Waals surface area contributed by atoms with E-state index in [0.717, 1.165) is 11.6 Å². The molecule has 37 heavy (non-hydrogen) atoms. The molecule has 0 aliphatic carbocycles. The van der Waals surface area contributed by atoms with Gasteiger partial charge in [-0.25, -0.2) is 0 Å². The Kier molecular flexibility index (Phi) is 5.72. The minimum atomic E-state index is -4.61. The van der Waals surface area contributed by atoms with Crippen molar-refractivity contribution in [3.05, 3.63) is 73.6 Å². The summed E-state index contributed by atoms with van der Waals surface area (Å²) >= 11 is 7.07. The summed E-state index contributed by atoms with van der Waals surface area (Å²) in [7, 11) is 0. The minimum absolute atomic E-state index is 0.0125. The van der Waals surface area contributed by atoms with Gasteiger partial charge in [0.2, 0.25) is 5.88 Å². The number of aromatic nitrogens is 1. The number of hydrogen-bond acceptors (Lipinski definition) is 8. The summed E-state index contributed by atoms with van der Waals surface area (Å²) in [6.07, 6.45) is -3.18. The zero-order chi connectivity index (χ0) is 25.9. The largest absolute Gasteiger partial charge is 0.492 e. The lowest BCUT2D eigenvalue weighted by Gasteiger charge is -2.16. The molecule has 12 heteroatoms. The second kappa shape index (κ2) is 8.84. The molecule has 7 nitrogen and oxygen atoms in total. The van der Waals surface area contributed by atoms with Crippen LogP contribution in [0, 0.1) is 11.8 Å². The molecular weight excluding hydrogens is 529 g/mol. The Morgan fingerprint density at radius 3 is 2.84 bits per heavy atom. The fourth-order valence-corrected chi connectivity index (χ4v) is 6.17. The van der Waals surface area contributed by atoms with Gasteiger partial charge < -0.3 is 14.7 Å². The van der Waals surface area contributed by atoms with E-state index in [9.17, 15) is 23.1 Å². The number of thiazole rings is 1. The highest BCUT2D eigenvalue weighted by Gasteiger charge is 2.45. The molecular formula is C25H18ClF3N4O3S. The van der Waals surface area contributed by atoms with Crippen LogP contribution in [0.2, 0.25) is 5.02 Å². The Morgan fingerprint density at radius 2 is 2.05 bits per heavy atom. The molecule has 2 unspecified atom stereocenters. The average Bonchev–Trinajstić information content (AvgIpc) is 3.63. The normalized spacial score (nSPS) is 21.1. The predicted molar refractivity (Wildman–Crippen MR) is 131 cm³/mol. The van der Waals surface area contributed by atoms with Crippen molar-refractivity contribution in [1.29, 1.82) is 0 Å². The lowest BCUT2D eigenvalue weighted by molar-refractivity contribution is -0.141. The van der Waals surface area contributed by atoms with E-state index < -0.39 is 11.7 Å². The van der Waals surface area contributed by atoms with Crippen LogP contribution in [0.25, 0.3) is 5.57 Å². The molecule has 3 aromatic rings. The minimum Gasteiger partial charge on any atom is -0.492 e. The number of ether oxygens (including phenoxy) is 1. The molecule has 190 valence electrons. The van der Waals surface area contributed by atoms with E-state index >= 15 is 0 Å². The summed E-state index contributed by atoms with van der Waals surface area (Å²) in [5, 5.41) is 20.5. The van der Waals surface area contributed by atoms with Crippen molar-refractivity contribution in [2.75, 3.05) is 24.6 Å². The summed E-state index contributed by atoms with van der Waals surface area (Å²) in [6, 6.07) is 8.92. The molecule has 3 aliphatic heterocycles.